The highest BCUT2D eigenvalue weighted by atomic mass is 16.6. The molecule has 130 valence electrons. The number of benzene rings is 2. The molecular weight excluding hydrogens is 332 g/mol. The number of nitro groups is 1. The van der Waals surface area contributed by atoms with Crippen molar-refractivity contribution in [1.29, 1.82) is 0 Å². The van der Waals surface area contributed by atoms with Crippen LogP contribution in [0.1, 0.15) is 0 Å². The third-order valence-corrected chi connectivity index (χ3v) is 2.92. The maximum Gasteiger partial charge on any atom is 0.341 e. The lowest BCUT2D eigenvalue weighted by atomic mass is 10.3. The van der Waals surface area contributed by atoms with Crippen LogP contribution in [0.5, 0.6) is 11.5 Å². The number of hydrogen-bond donors (Lipinski definition) is 2. The quantitative estimate of drug-likeness (QED) is 0.553. The van der Waals surface area contributed by atoms with Crippen molar-refractivity contribution in [3.05, 3.63) is 58.6 Å². The van der Waals surface area contributed by atoms with Crippen molar-refractivity contribution in [2.45, 2.75) is 0 Å². The molecule has 0 radical (unpaired) electrons. The molecule has 2 rings (SSSR count). The van der Waals surface area contributed by atoms with Crippen LogP contribution in [-0.2, 0) is 9.59 Å². The van der Waals surface area contributed by atoms with Crippen molar-refractivity contribution < 1.29 is 29.1 Å². The molecule has 0 atom stereocenters. The second-order valence-corrected chi connectivity index (χ2v) is 4.77. The number of carboxylic acids is 1. The summed E-state index contributed by atoms with van der Waals surface area (Å²) in [4.78, 5) is 32.5. The van der Waals surface area contributed by atoms with E-state index in [0.717, 1.165) is 0 Å². The number of para-hydroxylation sites is 2. The van der Waals surface area contributed by atoms with E-state index < -0.39 is 30.0 Å². The summed E-state index contributed by atoms with van der Waals surface area (Å²) in [6, 6.07) is 11.8. The van der Waals surface area contributed by atoms with Gasteiger partial charge >= 0.3 is 11.7 Å². The zero-order valence-corrected chi connectivity index (χ0v) is 12.9. The molecular formula is C16H14N2O7. The van der Waals surface area contributed by atoms with Gasteiger partial charge in [-0.25, -0.2) is 4.79 Å². The summed E-state index contributed by atoms with van der Waals surface area (Å²) >= 11 is 0. The minimum absolute atomic E-state index is 0.0000635. The van der Waals surface area contributed by atoms with Gasteiger partial charge < -0.3 is 19.9 Å². The molecule has 0 saturated carbocycles. The molecule has 0 heterocycles. The molecule has 0 spiro atoms. The Bertz CT molecular complexity index is 774. The summed E-state index contributed by atoms with van der Waals surface area (Å²) in [5, 5.41) is 21.9. The molecule has 25 heavy (non-hydrogen) atoms. The number of nitrogens with zero attached hydrogens (tertiary/aromatic N) is 1. The molecule has 9 heteroatoms. The van der Waals surface area contributed by atoms with E-state index in [4.69, 9.17) is 14.6 Å². The number of amides is 1. The normalized spacial score (nSPS) is 9.92. The number of rotatable bonds is 8. The predicted octanol–water partition coefficient (Wildman–Crippen LogP) is 2.08. The number of carbonyl (C=O) groups excluding carboxylic acids is 1. The number of hydrogen-bond acceptors (Lipinski definition) is 6. The fraction of sp³-hybridized carbons (Fsp3) is 0.125. The van der Waals surface area contributed by atoms with Crippen molar-refractivity contribution in [2.24, 2.45) is 0 Å². The lowest BCUT2D eigenvalue weighted by Gasteiger charge is -2.08. The number of ether oxygens (including phenoxy) is 2. The summed E-state index contributed by atoms with van der Waals surface area (Å²) in [7, 11) is 0. The van der Waals surface area contributed by atoms with Gasteiger partial charge in [0, 0.05) is 11.8 Å². The van der Waals surface area contributed by atoms with Crippen LogP contribution in [0.2, 0.25) is 0 Å². The van der Waals surface area contributed by atoms with E-state index in [9.17, 15) is 19.7 Å². The molecule has 0 aliphatic carbocycles. The molecule has 0 saturated heterocycles. The van der Waals surface area contributed by atoms with Crippen LogP contribution < -0.4 is 14.8 Å². The van der Waals surface area contributed by atoms with Gasteiger partial charge in [0.1, 0.15) is 5.75 Å². The Morgan fingerprint density at radius 1 is 1.04 bits per heavy atom. The number of aliphatic carboxylic acids is 1. The van der Waals surface area contributed by atoms with Gasteiger partial charge in [0.25, 0.3) is 5.91 Å². The number of carbonyl (C=O) groups is 2. The van der Waals surface area contributed by atoms with Gasteiger partial charge in [-0.1, -0.05) is 12.1 Å². The second kappa shape index (κ2) is 8.29. The zero-order valence-electron chi connectivity index (χ0n) is 12.9. The first-order valence-electron chi connectivity index (χ1n) is 7.06. The first-order valence-corrected chi connectivity index (χ1v) is 7.06. The van der Waals surface area contributed by atoms with E-state index >= 15 is 0 Å². The van der Waals surface area contributed by atoms with E-state index in [1.807, 2.05) is 0 Å². The first-order chi connectivity index (χ1) is 12.0. The average Bonchev–Trinajstić information content (AvgIpc) is 2.59. The van der Waals surface area contributed by atoms with E-state index in [1.54, 1.807) is 6.07 Å². The topological polar surface area (TPSA) is 128 Å². The van der Waals surface area contributed by atoms with Gasteiger partial charge in [-0.2, -0.15) is 0 Å². The lowest BCUT2D eigenvalue weighted by molar-refractivity contribution is -0.385. The molecule has 2 aromatic carbocycles. The highest BCUT2D eigenvalue weighted by Gasteiger charge is 2.15. The summed E-state index contributed by atoms with van der Waals surface area (Å²) in [6.45, 7) is -0.864. The van der Waals surface area contributed by atoms with Gasteiger partial charge in [0.15, 0.2) is 19.0 Å². The third kappa shape index (κ3) is 5.50. The van der Waals surface area contributed by atoms with Crippen molar-refractivity contribution in [2.75, 3.05) is 18.5 Å². The van der Waals surface area contributed by atoms with Crippen molar-refractivity contribution in [3.8, 4) is 11.5 Å². The Labute approximate surface area is 141 Å². The summed E-state index contributed by atoms with van der Waals surface area (Å²) in [5.74, 6) is -1.25. The predicted molar refractivity (Wildman–Crippen MR) is 86.8 cm³/mol. The molecule has 0 bridgehead atoms. The van der Waals surface area contributed by atoms with Crippen LogP contribution in [0.15, 0.2) is 48.5 Å². The van der Waals surface area contributed by atoms with Crippen LogP contribution in [0.3, 0.4) is 0 Å². The van der Waals surface area contributed by atoms with E-state index in [2.05, 4.69) is 5.32 Å². The maximum absolute atomic E-state index is 11.9. The van der Waals surface area contributed by atoms with Gasteiger partial charge in [-0.3, -0.25) is 14.9 Å². The zero-order chi connectivity index (χ0) is 18.2. The average molecular weight is 346 g/mol. The van der Waals surface area contributed by atoms with Crippen molar-refractivity contribution in [1.82, 2.24) is 0 Å². The fourth-order valence-corrected chi connectivity index (χ4v) is 1.85. The van der Waals surface area contributed by atoms with Gasteiger partial charge in [0.05, 0.1) is 4.92 Å². The summed E-state index contributed by atoms with van der Waals surface area (Å²) < 4.78 is 10.1. The highest BCUT2D eigenvalue weighted by molar-refractivity contribution is 5.92. The second-order valence-electron chi connectivity index (χ2n) is 4.77. The van der Waals surface area contributed by atoms with E-state index in [1.165, 1.54) is 42.5 Å². The lowest BCUT2D eigenvalue weighted by Crippen LogP contribution is -2.20. The molecule has 2 N–H and O–H groups in total. The monoisotopic (exact) mass is 346 g/mol. The molecule has 0 aromatic heterocycles. The molecule has 9 nitrogen and oxygen atoms in total. The molecule has 0 aliphatic heterocycles. The smallest absolute Gasteiger partial charge is 0.341 e. The van der Waals surface area contributed by atoms with Crippen LogP contribution in [0, 0.1) is 10.1 Å². The third-order valence-electron chi connectivity index (χ3n) is 2.92. The van der Waals surface area contributed by atoms with Crippen LogP contribution >= 0.6 is 0 Å². The number of carboxylic acid groups (broad SMARTS) is 1. The Morgan fingerprint density at radius 3 is 2.36 bits per heavy atom. The molecule has 0 unspecified atom stereocenters. The SMILES string of the molecule is O=C(O)COc1ccc(NC(=O)COc2ccccc2[N+](=O)[O-])cc1. The fourth-order valence-electron chi connectivity index (χ4n) is 1.85. The molecule has 1 amide bonds. The molecule has 2 aromatic rings. The Balaban J connectivity index is 1.88. The Morgan fingerprint density at radius 2 is 1.72 bits per heavy atom. The van der Waals surface area contributed by atoms with E-state index in [-0.39, 0.29) is 11.4 Å². The number of nitrogens with one attached hydrogen (secondary N) is 1. The minimum atomic E-state index is -1.09. The first kappa shape index (κ1) is 17.7. The number of nitro benzene ring substituents is 1. The van der Waals surface area contributed by atoms with Crippen LogP contribution in [-0.4, -0.2) is 35.1 Å². The molecule has 0 fully saturated rings. The minimum Gasteiger partial charge on any atom is -0.482 e. The Hall–Kier alpha value is -3.62. The van der Waals surface area contributed by atoms with Gasteiger partial charge in [0.2, 0.25) is 0 Å². The van der Waals surface area contributed by atoms with Crippen molar-refractivity contribution in [3.63, 3.8) is 0 Å². The molecule has 0 aliphatic rings. The largest absolute Gasteiger partial charge is 0.482 e. The highest BCUT2D eigenvalue weighted by Crippen LogP contribution is 2.25. The van der Waals surface area contributed by atoms with Crippen LogP contribution in [0.4, 0.5) is 11.4 Å². The summed E-state index contributed by atoms with van der Waals surface area (Å²) in [5.41, 5.74) is 0.217. The Kier molecular flexibility index (Phi) is 5.88. The standard InChI is InChI=1S/C16H14N2O7/c19-15(9-25-14-4-2-1-3-13(14)18(22)23)17-11-5-7-12(8-6-11)24-10-16(20)21/h1-8H,9-10H2,(H,17,19)(H,20,21). The van der Waals surface area contributed by atoms with Gasteiger partial charge in [-0.15, -0.1) is 0 Å². The van der Waals surface area contributed by atoms with Crippen LogP contribution in [0.25, 0.3) is 0 Å². The number of anilines is 1. The van der Waals surface area contributed by atoms with Gasteiger partial charge in [-0.05, 0) is 30.3 Å². The maximum atomic E-state index is 11.9. The summed E-state index contributed by atoms with van der Waals surface area (Å²) in [6.07, 6.45) is 0. The van der Waals surface area contributed by atoms with Crippen molar-refractivity contribution >= 4 is 23.3 Å². The van der Waals surface area contributed by atoms with E-state index in [0.29, 0.717) is 11.4 Å².